The highest BCUT2D eigenvalue weighted by Crippen LogP contribution is 2.27. The van der Waals surface area contributed by atoms with Crippen molar-refractivity contribution in [2.24, 2.45) is 5.92 Å². The van der Waals surface area contributed by atoms with E-state index in [2.05, 4.69) is 5.32 Å². The van der Waals surface area contributed by atoms with Gasteiger partial charge in [-0.15, -0.1) is 0 Å². The number of halogens is 1. The lowest BCUT2D eigenvalue weighted by molar-refractivity contribution is -0.118. The number of nitrogens with one attached hydrogen (secondary N) is 2. The van der Waals surface area contributed by atoms with Gasteiger partial charge in [-0.2, -0.15) is 0 Å². The maximum Gasteiger partial charge on any atom is 0.276 e. The van der Waals surface area contributed by atoms with Crippen molar-refractivity contribution in [2.75, 3.05) is 5.32 Å². The fraction of sp³-hybridized carbons (Fsp3) is 0.222. The van der Waals surface area contributed by atoms with Gasteiger partial charge in [0.2, 0.25) is 5.91 Å². The molecule has 0 spiro atoms. The topological polar surface area (TPSA) is 78.4 Å². The van der Waals surface area contributed by atoms with Crippen molar-refractivity contribution in [2.45, 2.75) is 19.8 Å². The maximum absolute atomic E-state index is 12.7. The molecule has 2 amide bonds. The highest BCUT2D eigenvalue weighted by atomic mass is 35.5. The van der Waals surface area contributed by atoms with Gasteiger partial charge in [-0.3, -0.25) is 14.8 Å². The highest BCUT2D eigenvalue weighted by molar-refractivity contribution is 6.34. The molecule has 3 N–H and O–H groups in total. The molecule has 0 fully saturated rings. The van der Waals surface area contributed by atoms with Gasteiger partial charge in [0.05, 0.1) is 16.5 Å². The number of amides is 2. The number of benzene rings is 2. The monoisotopic (exact) mass is 346 g/mol. The van der Waals surface area contributed by atoms with Gasteiger partial charge >= 0.3 is 0 Å². The molecule has 0 aliphatic heterocycles. The molecule has 0 bridgehead atoms. The molecule has 24 heavy (non-hydrogen) atoms. The van der Waals surface area contributed by atoms with Crippen molar-refractivity contribution < 1.29 is 14.8 Å². The van der Waals surface area contributed by atoms with Gasteiger partial charge in [0.15, 0.2) is 0 Å². The molecule has 1 unspecified atom stereocenters. The van der Waals surface area contributed by atoms with Gasteiger partial charge in [0, 0.05) is 5.69 Å². The first kappa shape index (κ1) is 18.0. The molecular weight excluding hydrogens is 328 g/mol. The maximum atomic E-state index is 12.7. The average molecular weight is 347 g/mol. The van der Waals surface area contributed by atoms with E-state index in [1.807, 2.05) is 44.2 Å². The summed E-state index contributed by atoms with van der Waals surface area (Å²) < 4.78 is 0. The molecule has 0 saturated heterocycles. The van der Waals surface area contributed by atoms with E-state index < -0.39 is 5.91 Å². The van der Waals surface area contributed by atoms with Crippen LogP contribution in [0, 0.1) is 5.92 Å². The van der Waals surface area contributed by atoms with E-state index in [0.717, 1.165) is 5.56 Å². The van der Waals surface area contributed by atoms with Gasteiger partial charge in [0.25, 0.3) is 5.91 Å². The molecule has 1 atom stereocenters. The summed E-state index contributed by atoms with van der Waals surface area (Å²) in [5, 5.41) is 11.6. The normalized spacial score (nSPS) is 11.9. The minimum atomic E-state index is -0.706. The second kappa shape index (κ2) is 7.95. The van der Waals surface area contributed by atoms with Crippen LogP contribution in [0.25, 0.3) is 0 Å². The highest BCUT2D eigenvalue weighted by Gasteiger charge is 2.24. The Hall–Kier alpha value is -2.37. The number of hydroxylamine groups is 1. The Kier molecular flexibility index (Phi) is 5.95. The van der Waals surface area contributed by atoms with Crippen LogP contribution in [0.15, 0.2) is 48.5 Å². The Morgan fingerprint density at radius 1 is 1.08 bits per heavy atom. The zero-order valence-electron chi connectivity index (χ0n) is 13.4. The molecule has 2 rings (SSSR count). The lowest BCUT2D eigenvalue weighted by Gasteiger charge is -2.21. The zero-order chi connectivity index (χ0) is 17.7. The van der Waals surface area contributed by atoms with Crippen molar-refractivity contribution in [1.29, 1.82) is 0 Å². The van der Waals surface area contributed by atoms with Crippen LogP contribution in [0.2, 0.25) is 5.02 Å². The Balaban J connectivity index is 2.21. The van der Waals surface area contributed by atoms with Crippen LogP contribution in [-0.2, 0) is 4.79 Å². The molecule has 2 aromatic rings. The van der Waals surface area contributed by atoms with E-state index in [-0.39, 0.29) is 28.3 Å². The van der Waals surface area contributed by atoms with Gasteiger partial charge < -0.3 is 5.32 Å². The summed E-state index contributed by atoms with van der Waals surface area (Å²) in [4.78, 5) is 24.1. The Morgan fingerprint density at radius 3 is 2.29 bits per heavy atom. The SMILES string of the molecule is CC(C)C(C(=O)Nc1ccc(C(=O)NO)c(Cl)c1)c1ccccc1. The second-order valence-electron chi connectivity index (χ2n) is 5.76. The van der Waals surface area contributed by atoms with Gasteiger partial charge in [-0.05, 0) is 29.7 Å². The first-order valence-corrected chi connectivity index (χ1v) is 7.91. The molecular formula is C18H19ClN2O3. The number of anilines is 1. The van der Waals surface area contributed by atoms with Crippen LogP contribution in [-0.4, -0.2) is 17.0 Å². The number of carbonyl (C=O) groups excluding carboxylic acids is 2. The third kappa shape index (κ3) is 4.13. The first-order valence-electron chi connectivity index (χ1n) is 7.53. The number of hydrogen-bond acceptors (Lipinski definition) is 3. The van der Waals surface area contributed by atoms with Crippen LogP contribution in [0.3, 0.4) is 0 Å². The fourth-order valence-electron chi connectivity index (χ4n) is 2.56. The Morgan fingerprint density at radius 2 is 1.75 bits per heavy atom. The molecule has 0 heterocycles. The van der Waals surface area contributed by atoms with E-state index in [1.54, 1.807) is 6.07 Å². The van der Waals surface area contributed by atoms with Gasteiger partial charge in [-0.25, -0.2) is 5.48 Å². The Bertz CT molecular complexity index is 732. The predicted molar refractivity (Wildman–Crippen MR) is 93.4 cm³/mol. The van der Waals surface area contributed by atoms with Crippen molar-refractivity contribution >= 4 is 29.1 Å². The number of hydrogen-bond donors (Lipinski definition) is 3. The van der Waals surface area contributed by atoms with Crippen molar-refractivity contribution in [3.8, 4) is 0 Å². The molecule has 0 saturated carbocycles. The lowest BCUT2D eigenvalue weighted by atomic mass is 9.87. The van der Waals surface area contributed by atoms with Crippen LogP contribution in [0.5, 0.6) is 0 Å². The zero-order valence-corrected chi connectivity index (χ0v) is 14.2. The van der Waals surface area contributed by atoms with Crippen LogP contribution >= 0.6 is 11.6 Å². The second-order valence-corrected chi connectivity index (χ2v) is 6.16. The smallest absolute Gasteiger partial charge is 0.276 e. The average Bonchev–Trinajstić information content (AvgIpc) is 2.55. The predicted octanol–water partition coefficient (Wildman–Crippen LogP) is 3.84. The molecule has 0 radical (unpaired) electrons. The first-order chi connectivity index (χ1) is 11.4. The molecule has 126 valence electrons. The summed E-state index contributed by atoms with van der Waals surface area (Å²) in [7, 11) is 0. The van der Waals surface area contributed by atoms with Gasteiger partial charge in [0.1, 0.15) is 0 Å². The molecule has 0 aromatic heterocycles. The fourth-order valence-corrected chi connectivity index (χ4v) is 2.82. The number of carbonyl (C=O) groups is 2. The summed E-state index contributed by atoms with van der Waals surface area (Å²) in [6, 6.07) is 14.0. The van der Waals surface area contributed by atoms with Gasteiger partial charge in [-0.1, -0.05) is 55.8 Å². The van der Waals surface area contributed by atoms with E-state index in [4.69, 9.17) is 16.8 Å². The summed E-state index contributed by atoms with van der Waals surface area (Å²) >= 11 is 6.02. The molecule has 2 aromatic carbocycles. The summed E-state index contributed by atoms with van der Waals surface area (Å²) in [6.45, 7) is 3.97. The van der Waals surface area contributed by atoms with Crippen molar-refractivity contribution in [3.63, 3.8) is 0 Å². The minimum Gasteiger partial charge on any atom is -0.326 e. The molecule has 6 heteroatoms. The summed E-state index contributed by atoms with van der Waals surface area (Å²) in [5.41, 5.74) is 3.08. The third-order valence-electron chi connectivity index (χ3n) is 3.69. The molecule has 5 nitrogen and oxygen atoms in total. The van der Waals surface area contributed by atoms with E-state index in [9.17, 15) is 9.59 Å². The van der Waals surface area contributed by atoms with Crippen molar-refractivity contribution in [3.05, 3.63) is 64.7 Å². The molecule has 0 aliphatic carbocycles. The largest absolute Gasteiger partial charge is 0.326 e. The van der Waals surface area contributed by atoms with Crippen LogP contribution < -0.4 is 10.8 Å². The minimum absolute atomic E-state index is 0.113. The standard InChI is InChI=1S/C18H19ClN2O3/c1-11(2)16(12-6-4-3-5-7-12)18(23)20-13-8-9-14(15(19)10-13)17(22)21-24/h3-11,16,24H,1-2H3,(H,20,23)(H,21,22). The Labute approximate surface area is 145 Å². The van der Waals surface area contributed by atoms with Crippen molar-refractivity contribution in [1.82, 2.24) is 5.48 Å². The van der Waals surface area contributed by atoms with E-state index in [1.165, 1.54) is 17.6 Å². The third-order valence-corrected chi connectivity index (χ3v) is 4.00. The quantitative estimate of drug-likeness (QED) is 0.568. The lowest BCUT2D eigenvalue weighted by Crippen LogP contribution is -2.25. The summed E-state index contributed by atoms with van der Waals surface area (Å²) in [5.74, 6) is -1.04. The number of rotatable bonds is 5. The van der Waals surface area contributed by atoms with E-state index in [0.29, 0.717) is 5.69 Å². The van der Waals surface area contributed by atoms with E-state index >= 15 is 0 Å². The van der Waals surface area contributed by atoms with Crippen LogP contribution in [0.1, 0.15) is 35.7 Å². The summed E-state index contributed by atoms with van der Waals surface area (Å²) in [6.07, 6.45) is 0. The van der Waals surface area contributed by atoms with Crippen LogP contribution in [0.4, 0.5) is 5.69 Å². The molecule has 0 aliphatic rings.